The van der Waals surface area contributed by atoms with Crippen LogP contribution < -0.4 is 10.1 Å². The number of urea groups is 1. The van der Waals surface area contributed by atoms with Crippen molar-refractivity contribution in [3.8, 4) is 18.1 Å². The van der Waals surface area contributed by atoms with Gasteiger partial charge in [-0.25, -0.2) is 9.18 Å². The first-order valence-electron chi connectivity index (χ1n) is 8.22. The van der Waals surface area contributed by atoms with Gasteiger partial charge in [-0.1, -0.05) is 5.92 Å². The number of hydrogen-bond acceptors (Lipinski definition) is 3. The summed E-state index contributed by atoms with van der Waals surface area (Å²) in [4.78, 5) is 16.8. The number of hydrogen-bond donors (Lipinski definition) is 1. The highest BCUT2D eigenvalue weighted by Gasteiger charge is 2.36. The zero-order valence-corrected chi connectivity index (χ0v) is 13.8. The first-order chi connectivity index (χ1) is 11.6. The predicted molar refractivity (Wildman–Crippen MR) is 90.5 cm³/mol. The Labute approximate surface area is 141 Å². The van der Waals surface area contributed by atoms with Crippen LogP contribution in [0.15, 0.2) is 18.2 Å². The van der Waals surface area contributed by atoms with Gasteiger partial charge in [0.25, 0.3) is 0 Å². The Morgan fingerprint density at radius 1 is 1.42 bits per heavy atom. The maximum absolute atomic E-state index is 13.4. The van der Waals surface area contributed by atoms with E-state index < -0.39 is 5.82 Å². The van der Waals surface area contributed by atoms with Crippen LogP contribution in [0.1, 0.15) is 19.3 Å². The molecule has 1 aromatic carbocycles. The molecule has 6 heteroatoms. The number of anilines is 1. The summed E-state index contributed by atoms with van der Waals surface area (Å²) in [6.45, 7) is 1.45. The van der Waals surface area contributed by atoms with Crippen molar-refractivity contribution in [1.29, 1.82) is 0 Å². The van der Waals surface area contributed by atoms with Gasteiger partial charge in [-0.2, -0.15) is 0 Å². The summed E-state index contributed by atoms with van der Waals surface area (Å²) in [7, 11) is 2.13. The number of carbonyl (C=O) groups excluding carboxylic acids is 1. The summed E-state index contributed by atoms with van der Waals surface area (Å²) in [5.41, 5.74) is 0.430. The molecule has 0 radical (unpaired) electrons. The van der Waals surface area contributed by atoms with Gasteiger partial charge in [0, 0.05) is 31.2 Å². The first kappa shape index (κ1) is 16.6. The second kappa shape index (κ2) is 7.10. The number of fused-ring (bicyclic) bond motifs is 2. The molecule has 2 fully saturated rings. The van der Waals surface area contributed by atoms with Crippen molar-refractivity contribution in [2.75, 3.05) is 32.1 Å². The standard InChI is InChI=1S/C18H22FN3O2/c1-3-10-24-17-11-13(19)4-7-16(17)20-18(23)22-9-8-14-5-6-15(12-22)21(14)2/h1,4,7,11,14-15H,5-6,8-10,12H2,2H3,(H,20,23). The average Bonchev–Trinajstić information content (AvgIpc) is 2.80. The molecule has 1 N–H and O–H groups in total. The molecule has 2 heterocycles. The van der Waals surface area contributed by atoms with E-state index in [2.05, 4.69) is 23.2 Å². The number of ether oxygens (including phenoxy) is 1. The lowest BCUT2D eigenvalue weighted by molar-refractivity contribution is 0.200. The number of likely N-dealkylation sites (N-methyl/N-ethyl adjacent to an activating group) is 1. The normalized spacial score (nSPS) is 23.5. The van der Waals surface area contributed by atoms with Crippen molar-refractivity contribution in [2.45, 2.75) is 31.3 Å². The smallest absolute Gasteiger partial charge is 0.322 e. The van der Waals surface area contributed by atoms with E-state index in [9.17, 15) is 9.18 Å². The number of amides is 2. The van der Waals surface area contributed by atoms with Crippen molar-refractivity contribution < 1.29 is 13.9 Å². The number of halogens is 1. The van der Waals surface area contributed by atoms with E-state index in [1.54, 1.807) is 0 Å². The lowest BCUT2D eigenvalue weighted by Gasteiger charge is -2.26. The van der Waals surface area contributed by atoms with E-state index in [1.807, 2.05) is 4.90 Å². The molecule has 2 atom stereocenters. The molecule has 0 spiro atoms. The fourth-order valence-corrected chi connectivity index (χ4v) is 3.53. The highest BCUT2D eigenvalue weighted by molar-refractivity contribution is 5.91. The number of likely N-dealkylation sites (tertiary alicyclic amines) is 1. The summed E-state index contributed by atoms with van der Waals surface area (Å²) in [6, 6.07) is 4.80. The zero-order chi connectivity index (χ0) is 17.1. The van der Waals surface area contributed by atoms with Crippen LogP contribution in [0.25, 0.3) is 0 Å². The second-order valence-corrected chi connectivity index (χ2v) is 6.35. The topological polar surface area (TPSA) is 44.8 Å². The van der Waals surface area contributed by atoms with Crippen LogP contribution in [0.2, 0.25) is 0 Å². The third kappa shape index (κ3) is 3.46. The maximum atomic E-state index is 13.4. The van der Waals surface area contributed by atoms with Gasteiger partial charge in [0.2, 0.25) is 0 Å². The highest BCUT2D eigenvalue weighted by Crippen LogP contribution is 2.30. The number of benzene rings is 1. The number of nitrogens with one attached hydrogen (secondary N) is 1. The van der Waals surface area contributed by atoms with Crippen molar-refractivity contribution in [1.82, 2.24) is 9.80 Å². The van der Waals surface area contributed by atoms with Crippen molar-refractivity contribution >= 4 is 11.7 Å². The molecule has 0 saturated carbocycles. The summed E-state index contributed by atoms with van der Waals surface area (Å²) >= 11 is 0. The summed E-state index contributed by atoms with van der Waals surface area (Å²) < 4.78 is 18.7. The molecule has 2 aliphatic heterocycles. The minimum Gasteiger partial charge on any atom is -0.479 e. The third-order valence-corrected chi connectivity index (χ3v) is 4.93. The van der Waals surface area contributed by atoms with Gasteiger partial charge in [-0.05, 0) is 38.4 Å². The number of rotatable bonds is 3. The molecule has 0 aliphatic carbocycles. The van der Waals surface area contributed by atoms with Gasteiger partial charge < -0.3 is 15.0 Å². The molecule has 1 aromatic rings. The number of nitrogens with zero attached hydrogens (tertiary/aromatic N) is 2. The van der Waals surface area contributed by atoms with Gasteiger partial charge in [0.05, 0.1) is 5.69 Å². The number of terminal acetylenes is 1. The molecule has 2 saturated heterocycles. The Morgan fingerprint density at radius 2 is 2.21 bits per heavy atom. The molecule has 2 amide bonds. The van der Waals surface area contributed by atoms with Crippen molar-refractivity contribution in [3.63, 3.8) is 0 Å². The van der Waals surface area contributed by atoms with E-state index in [4.69, 9.17) is 11.2 Å². The molecule has 2 unspecified atom stereocenters. The zero-order valence-electron chi connectivity index (χ0n) is 13.8. The maximum Gasteiger partial charge on any atom is 0.322 e. The second-order valence-electron chi connectivity index (χ2n) is 6.35. The summed E-state index contributed by atoms with van der Waals surface area (Å²) in [6.07, 6.45) is 8.49. The van der Waals surface area contributed by atoms with Crippen LogP contribution in [-0.4, -0.2) is 54.7 Å². The monoisotopic (exact) mass is 331 g/mol. The van der Waals surface area contributed by atoms with E-state index in [0.717, 1.165) is 19.4 Å². The Balaban J connectivity index is 1.69. The quantitative estimate of drug-likeness (QED) is 0.866. The molecule has 3 rings (SSSR count). The lowest BCUT2D eigenvalue weighted by atomic mass is 10.1. The Hall–Kier alpha value is -2.26. The van der Waals surface area contributed by atoms with E-state index in [1.165, 1.54) is 24.6 Å². The highest BCUT2D eigenvalue weighted by atomic mass is 19.1. The fourth-order valence-electron chi connectivity index (χ4n) is 3.53. The van der Waals surface area contributed by atoms with Crippen molar-refractivity contribution in [2.24, 2.45) is 0 Å². The van der Waals surface area contributed by atoms with Crippen LogP contribution in [0.5, 0.6) is 5.75 Å². The van der Waals surface area contributed by atoms with Crippen molar-refractivity contribution in [3.05, 3.63) is 24.0 Å². The minimum atomic E-state index is -0.436. The SMILES string of the molecule is C#CCOc1cc(F)ccc1NC(=O)N1CCC2CCC(C1)N2C. The molecule has 2 bridgehead atoms. The molecule has 2 aliphatic rings. The lowest BCUT2D eigenvalue weighted by Crippen LogP contribution is -2.41. The van der Waals surface area contributed by atoms with Crippen LogP contribution in [-0.2, 0) is 0 Å². The molecular weight excluding hydrogens is 309 g/mol. The van der Waals surface area contributed by atoms with E-state index in [-0.39, 0.29) is 18.4 Å². The fraction of sp³-hybridized carbons (Fsp3) is 0.500. The Bertz CT molecular complexity index is 658. The molecule has 24 heavy (non-hydrogen) atoms. The largest absolute Gasteiger partial charge is 0.479 e. The number of carbonyl (C=O) groups is 1. The van der Waals surface area contributed by atoms with Crippen LogP contribution in [0.3, 0.4) is 0 Å². The predicted octanol–water partition coefficient (Wildman–Crippen LogP) is 2.54. The van der Waals surface area contributed by atoms with E-state index in [0.29, 0.717) is 24.3 Å². The molecule has 5 nitrogen and oxygen atoms in total. The molecular formula is C18H22FN3O2. The van der Waals surface area contributed by atoms with Crippen LogP contribution in [0.4, 0.5) is 14.9 Å². The van der Waals surface area contributed by atoms with Gasteiger partial charge in [0.1, 0.15) is 18.2 Å². The molecule has 128 valence electrons. The van der Waals surface area contributed by atoms with Crippen LogP contribution in [0, 0.1) is 18.2 Å². The van der Waals surface area contributed by atoms with Gasteiger partial charge >= 0.3 is 6.03 Å². The minimum absolute atomic E-state index is 0.0184. The van der Waals surface area contributed by atoms with Gasteiger partial charge in [-0.3, -0.25) is 4.90 Å². The van der Waals surface area contributed by atoms with Crippen LogP contribution >= 0.6 is 0 Å². The molecule has 0 aromatic heterocycles. The van der Waals surface area contributed by atoms with Gasteiger partial charge in [-0.15, -0.1) is 6.42 Å². The average molecular weight is 331 g/mol. The first-order valence-corrected chi connectivity index (χ1v) is 8.22. The third-order valence-electron chi connectivity index (χ3n) is 4.93. The Kier molecular flexibility index (Phi) is 4.91. The summed E-state index contributed by atoms with van der Waals surface area (Å²) in [5.74, 6) is 2.15. The van der Waals surface area contributed by atoms with E-state index >= 15 is 0 Å². The Morgan fingerprint density at radius 3 is 3.00 bits per heavy atom. The van der Waals surface area contributed by atoms with Gasteiger partial charge in [0.15, 0.2) is 0 Å². The summed E-state index contributed by atoms with van der Waals surface area (Å²) in [5, 5.41) is 2.83.